The van der Waals surface area contributed by atoms with Crippen LogP contribution < -0.4 is 4.90 Å². The van der Waals surface area contributed by atoms with Crippen molar-refractivity contribution in [2.45, 2.75) is 12.8 Å². The molecule has 0 bridgehead atoms. The Kier molecular flexibility index (Phi) is 5.74. The molecule has 0 radical (unpaired) electrons. The Bertz CT molecular complexity index is 654. The van der Waals surface area contributed by atoms with E-state index >= 15 is 0 Å². The molecule has 2 heterocycles. The van der Waals surface area contributed by atoms with Gasteiger partial charge in [-0.3, -0.25) is 4.79 Å². The molecular weight excluding hydrogens is 324 g/mol. The zero-order valence-electron chi connectivity index (χ0n) is 13.9. The highest BCUT2D eigenvalue weighted by atomic mass is 32.2. The number of rotatable bonds is 6. The van der Waals surface area contributed by atoms with Gasteiger partial charge in [-0.25, -0.2) is 0 Å². The first kappa shape index (κ1) is 16.8. The van der Waals surface area contributed by atoms with E-state index in [2.05, 4.69) is 27.2 Å². The van der Waals surface area contributed by atoms with Crippen LogP contribution in [0.4, 0.5) is 5.69 Å². The maximum absolute atomic E-state index is 12.4. The minimum atomic E-state index is 0.0694. The summed E-state index contributed by atoms with van der Waals surface area (Å²) in [6.45, 7) is 3.15. The molecule has 0 aliphatic carbocycles. The first-order valence-electron chi connectivity index (χ1n) is 8.14. The first-order chi connectivity index (χ1) is 11.8. The highest BCUT2D eigenvalue weighted by Crippen LogP contribution is 2.16. The monoisotopic (exact) mass is 346 g/mol. The lowest BCUT2D eigenvalue weighted by atomic mass is 10.2. The number of thioether (sulfide) groups is 1. The predicted molar refractivity (Wildman–Crippen MR) is 95.3 cm³/mol. The van der Waals surface area contributed by atoms with Gasteiger partial charge >= 0.3 is 0 Å². The molecule has 2 aromatic rings. The fourth-order valence-electron chi connectivity index (χ4n) is 2.75. The number of anilines is 1. The van der Waals surface area contributed by atoms with Crippen LogP contribution in [0, 0.1) is 0 Å². The lowest BCUT2D eigenvalue weighted by Gasteiger charge is -2.36. The molecule has 1 aromatic heterocycles. The summed E-state index contributed by atoms with van der Waals surface area (Å²) in [5.74, 6) is 2.11. The molecule has 0 saturated carbocycles. The van der Waals surface area contributed by atoms with E-state index in [0.29, 0.717) is 11.7 Å². The van der Waals surface area contributed by atoms with Gasteiger partial charge in [-0.1, -0.05) is 23.4 Å². The highest BCUT2D eigenvalue weighted by Gasteiger charge is 2.22. The fourth-order valence-corrected chi connectivity index (χ4v) is 3.13. The maximum atomic E-state index is 12.4. The van der Waals surface area contributed by atoms with Gasteiger partial charge in [0.25, 0.3) is 0 Å². The Balaban J connectivity index is 1.49. The summed E-state index contributed by atoms with van der Waals surface area (Å²) >= 11 is 1.73. The molecule has 24 heavy (non-hydrogen) atoms. The van der Waals surface area contributed by atoms with Crippen molar-refractivity contribution in [3.63, 3.8) is 0 Å². The Labute approximate surface area is 146 Å². The van der Waals surface area contributed by atoms with E-state index in [0.717, 1.165) is 38.4 Å². The first-order valence-corrected chi connectivity index (χ1v) is 9.54. The number of carbonyl (C=O) groups is 1. The minimum Gasteiger partial charge on any atom is -0.368 e. The van der Waals surface area contributed by atoms with E-state index < -0.39 is 0 Å². The third-order valence-electron chi connectivity index (χ3n) is 4.09. The second-order valence-corrected chi connectivity index (χ2v) is 6.71. The SMILES string of the molecule is CSCCc1nc(CC(=O)N2CCN(c3ccccc3)CC2)no1. The number of benzene rings is 1. The summed E-state index contributed by atoms with van der Waals surface area (Å²) < 4.78 is 5.18. The number of nitrogens with zero attached hydrogens (tertiary/aromatic N) is 4. The summed E-state index contributed by atoms with van der Waals surface area (Å²) in [4.78, 5) is 20.9. The normalized spacial score (nSPS) is 14.9. The van der Waals surface area contributed by atoms with Crippen molar-refractivity contribution in [2.75, 3.05) is 43.1 Å². The minimum absolute atomic E-state index is 0.0694. The van der Waals surface area contributed by atoms with Gasteiger partial charge in [-0.05, 0) is 18.4 Å². The van der Waals surface area contributed by atoms with E-state index in [1.54, 1.807) is 11.8 Å². The van der Waals surface area contributed by atoms with Crippen LogP contribution in [0.15, 0.2) is 34.9 Å². The molecule has 1 aliphatic rings. The standard InChI is InChI=1S/C17H22N4O2S/c1-24-12-7-16-18-15(19-23-16)13-17(22)21-10-8-20(9-11-21)14-5-3-2-4-6-14/h2-6H,7-13H2,1H3. The topological polar surface area (TPSA) is 62.5 Å². The van der Waals surface area contributed by atoms with Crippen molar-refractivity contribution in [3.8, 4) is 0 Å². The molecule has 1 saturated heterocycles. The molecule has 1 amide bonds. The zero-order chi connectivity index (χ0) is 16.8. The summed E-state index contributed by atoms with van der Waals surface area (Å²) in [5.41, 5.74) is 1.21. The Hall–Kier alpha value is -2.02. The van der Waals surface area contributed by atoms with Crippen molar-refractivity contribution < 1.29 is 9.32 Å². The summed E-state index contributed by atoms with van der Waals surface area (Å²) in [6.07, 6.45) is 3.00. The molecule has 128 valence electrons. The summed E-state index contributed by atoms with van der Waals surface area (Å²) in [7, 11) is 0. The number of aryl methyl sites for hydroxylation is 1. The maximum Gasteiger partial charge on any atom is 0.230 e. The molecule has 0 atom stereocenters. The lowest BCUT2D eigenvalue weighted by molar-refractivity contribution is -0.130. The van der Waals surface area contributed by atoms with E-state index in [4.69, 9.17) is 4.52 Å². The average molecular weight is 346 g/mol. The van der Waals surface area contributed by atoms with Crippen molar-refractivity contribution in [1.82, 2.24) is 15.0 Å². The van der Waals surface area contributed by atoms with Crippen molar-refractivity contribution in [1.29, 1.82) is 0 Å². The Morgan fingerprint density at radius 2 is 1.96 bits per heavy atom. The zero-order valence-corrected chi connectivity index (χ0v) is 14.7. The van der Waals surface area contributed by atoms with Crippen LogP contribution in [0.1, 0.15) is 11.7 Å². The van der Waals surface area contributed by atoms with Crippen molar-refractivity contribution in [3.05, 3.63) is 42.0 Å². The highest BCUT2D eigenvalue weighted by molar-refractivity contribution is 7.98. The van der Waals surface area contributed by atoms with Gasteiger partial charge in [0.1, 0.15) is 0 Å². The number of carbonyl (C=O) groups excluding carboxylic acids is 1. The van der Waals surface area contributed by atoms with Crippen LogP contribution in [0.25, 0.3) is 0 Å². The van der Waals surface area contributed by atoms with Crippen LogP contribution in [0.5, 0.6) is 0 Å². The quantitative estimate of drug-likeness (QED) is 0.796. The number of aromatic nitrogens is 2. The number of hydrogen-bond donors (Lipinski definition) is 0. The lowest BCUT2D eigenvalue weighted by Crippen LogP contribution is -2.49. The van der Waals surface area contributed by atoms with Crippen LogP contribution in [-0.4, -0.2) is 59.1 Å². The summed E-state index contributed by atoms with van der Waals surface area (Å²) in [5, 5.41) is 3.91. The van der Waals surface area contributed by atoms with E-state index in [9.17, 15) is 4.79 Å². The van der Waals surface area contributed by atoms with Crippen LogP contribution in [0.3, 0.4) is 0 Å². The third-order valence-corrected chi connectivity index (χ3v) is 4.71. The third kappa shape index (κ3) is 4.29. The second kappa shape index (κ2) is 8.19. The molecule has 0 unspecified atom stereocenters. The van der Waals surface area contributed by atoms with Gasteiger partial charge in [0.05, 0.1) is 6.42 Å². The van der Waals surface area contributed by atoms with Crippen LogP contribution in [0.2, 0.25) is 0 Å². The molecule has 1 fully saturated rings. The van der Waals surface area contributed by atoms with Crippen LogP contribution in [-0.2, 0) is 17.6 Å². The smallest absolute Gasteiger partial charge is 0.230 e. The van der Waals surface area contributed by atoms with Crippen molar-refractivity contribution in [2.24, 2.45) is 0 Å². The van der Waals surface area contributed by atoms with E-state index in [1.807, 2.05) is 29.4 Å². The predicted octanol–water partition coefficient (Wildman–Crippen LogP) is 1.87. The molecular formula is C17H22N4O2S. The molecule has 6 nitrogen and oxygen atoms in total. The number of amides is 1. The van der Waals surface area contributed by atoms with E-state index in [1.165, 1.54) is 5.69 Å². The van der Waals surface area contributed by atoms with Gasteiger partial charge < -0.3 is 14.3 Å². The van der Waals surface area contributed by atoms with Gasteiger partial charge in [0.15, 0.2) is 5.82 Å². The number of piperazine rings is 1. The van der Waals surface area contributed by atoms with Crippen LogP contribution >= 0.6 is 11.8 Å². The molecule has 0 spiro atoms. The van der Waals surface area contributed by atoms with Gasteiger partial charge in [0.2, 0.25) is 11.8 Å². The largest absolute Gasteiger partial charge is 0.368 e. The number of hydrogen-bond acceptors (Lipinski definition) is 6. The van der Waals surface area contributed by atoms with Gasteiger partial charge in [-0.2, -0.15) is 16.7 Å². The molecule has 0 N–H and O–H groups in total. The van der Waals surface area contributed by atoms with E-state index in [-0.39, 0.29) is 12.3 Å². The second-order valence-electron chi connectivity index (χ2n) is 5.73. The Morgan fingerprint density at radius 3 is 2.67 bits per heavy atom. The molecule has 1 aromatic carbocycles. The molecule has 1 aliphatic heterocycles. The van der Waals surface area contributed by atoms with Gasteiger partial charge in [0, 0.05) is 44.0 Å². The Morgan fingerprint density at radius 1 is 1.21 bits per heavy atom. The molecule has 3 rings (SSSR count). The average Bonchev–Trinajstić information content (AvgIpc) is 3.08. The fraction of sp³-hybridized carbons (Fsp3) is 0.471. The van der Waals surface area contributed by atoms with Gasteiger partial charge in [-0.15, -0.1) is 0 Å². The molecule has 7 heteroatoms. The van der Waals surface area contributed by atoms with Crippen molar-refractivity contribution >= 4 is 23.4 Å². The summed E-state index contributed by atoms with van der Waals surface area (Å²) in [6, 6.07) is 10.3. The number of para-hydroxylation sites is 1.